The maximum Gasteiger partial charge on any atom is 0.180 e. The van der Waals surface area contributed by atoms with E-state index >= 15 is 0 Å². The number of aromatic amines is 1. The number of aromatic nitrogens is 7. The molecule has 0 bridgehead atoms. The molecule has 0 aliphatic rings. The van der Waals surface area contributed by atoms with Gasteiger partial charge in [-0.25, -0.2) is 14.8 Å². The lowest BCUT2D eigenvalue weighted by Gasteiger charge is -2.10. The van der Waals surface area contributed by atoms with Gasteiger partial charge in [-0.2, -0.15) is 17.7 Å². The van der Waals surface area contributed by atoms with Gasteiger partial charge in [0.15, 0.2) is 11.6 Å². The Morgan fingerprint density at radius 1 is 1.03 bits per heavy atom. The maximum absolute atomic E-state index is 4.68. The second-order valence-corrected chi connectivity index (χ2v) is 7.99. The molecule has 7 nitrogen and oxygen atoms in total. The molecule has 0 aliphatic heterocycles. The molecule has 30 heavy (non-hydrogen) atoms. The van der Waals surface area contributed by atoms with Gasteiger partial charge in [-0.05, 0) is 39.5 Å². The van der Waals surface area contributed by atoms with Crippen molar-refractivity contribution in [3.05, 3.63) is 65.7 Å². The average molecular weight is 420 g/mol. The standard InChI is InChI=1S/C22H25N7S/c1-15(2)11-12-29-21(23-20(14-30)26-29)13-16-7-9-17(10-8-16)18-5-3-4-6-19(18)22-24-27-28-25-22/h3-10,15,30H,11-14H2,1-2H3,(H,24,25,27,28). The Hall–Kier alpha value is -3.00. The van der Waals surface area contributed by atoms with E-state index in [2.05, 4.69) is 87.5 Å². The molecule has 0 spiro atoms. The molecule has 154 valence electrons. The van der Waals surface area contributed by atoms with Crippen LogP contribution in [0.15, 0.2) is 48.5 Å². The molecule has 0 unspecified atom stereocenters. The van der Waals surface area contributed by atoms with Crippen molar-refractivity contribution in [1.82, 2.24) is 35.4 Å². The zero-order chi connectivity index (χ0) is 20.9. The second kappa shape index (κ2) is 9.21. The summed E-state index contributed by atoms with van der Waals surface area (Å²) in [5, 5.41) is 18.9. The molecule has 0 saturated carbocycles. The Morgan fingerprint density at radius 3 is 2.47 bits per heavy atom. The van der Waals surface area contributed by atoms with E-state index in [4.69, 9.17) is 0 Å². The van der Waals surface area contributed by atoms with E-state index in [0.717, 1.165) is 47.7 Å². The monoisotopic (exact) mass is 419 g/mol. The van der Waals surface area contributed by atoms with Crippen LogP contribution in [-0.2, 0) is 18.7 Å². The topological polar surface area (TPSA) is 85.2 Å². The number of nitrogens with one attached hydrogen (secondary N) is 1. The maximum atomic E-state index is 4.68. The predicted octanol–water partition coefficient (Wildman–Crippen LogP) is 4.19. The number of hydrogen-bond acceptors (Lipinski definition) is 6. The van der Waals surface area contributed by atoms with Crippen LogP contribution >= 0.6 is 12.6 Å². The van der Waals surface area contributed by atoms with Crippen LogP contribution in [0.5, 0.6) is 0 Å². The first kappa shape index (κ1) is 20.3. The minimum absolute atomic E-state index is 0.549. The third kappa shape index (κ3) is 4.59. The zero-order valence-corrected chi connectivity index (χ0v) is 18.0. The van der Waals surface area contributed by atoms with Gasteiger partial charge in [0, 0.05) is 18.5 Å². The van der Waals surface area contributed by atoms with Crippen molar-refractivity contribution in [1.29, 1.82) is 0 Å². The second-order valence-electron chi connectivity index (χ2n) is 7.68. The molecule has 4 rings (SSSR count). The van der Waals surface area contributed by atoms with Gasteiger partial charge in [0.25, 0.3) is 0 Å². The van der Waals surface area contributed by atoms with Crippen molar-refractivity contribution in [2.24, 2.45) is 5.92 Å². The van der Waals surface area contributed by atoms with Crippen LogP contribution in [0.25, 0.3) is 22.5 Å². The average Bonchev–Trinajstić information content (AvgIpc) is 3.43. The van der Waals surface area contributed by atoms with E-state index in [0.29, 0.717) is 17.5 Å². The van der Waals surface area contributed by atoms with Crippen LogP contribution in [0.4, 0.5) is 0 Å². The van der Waals surface area contributed by atoms with Gasteiger partial charge in [0.05, 0.1) is 5.75 Å². The zero-order valence-electron chi connectivity index (χ0n) is 17.2. The summed E-state index contributed by atoms with van der Waals surface area (Å²) < 4.78 is 2.03. The number of hydrogen-bond donors (Lipinski definition) is 2. The fourth-order valence-electron chi connectivity index (χ4n) is 3.38. The molecule has 8 heteroatoms. The summed E-state index contributed by atoms with van der Waals surface area (Å²) in [4.78, 5) is 4.68. The Morgan fingerprint density at radius 2 is 1.80 bits per heavy atom. The summed E-state index contributed by atoms with van der Waals surface area (Å²) in [7, 11) is 0. The fraction of sp³-hybridized carbons (Fsp3) is 0.318. The number of benzene rings is 2. The first-order chi connectivity index (χ1) is 14.6. The normalized spacial score (nSPS) is 11.3. The Labute approximate surface area is 181 Å². The van der Waals surface area contributed by atoms with E-state index in [1.807, 2.05) is 22.9 Å². The minimum Gasteiger partial charge on any atom is -0.249 e. The Balaban J connectivity index is 1.57. The van der Waals surface area contributed by atoms with Crippen molar-refractivity contribution in [3.8, 4) is 22.5 Å². The molecule has 0 saturated heterocycles. The molecule has 2 aromatic heterocycles. The van der Waals surface area contributed by atoms with Crippen molar-refractivity contribution >= 4 is 12.6 Å². The molecule has 0 atom stereocenters. The largest absolute Gasteiger partial charge is 0.249 e. The van der Waals surface area contributed by atoms with Crippen LogP contribution in [0.2, 0.25) is 0 Å². The molecular formula is C22H25N7S. The highest BCUT2D eigenvalue weighted by Gasteiger charge is 2.12. The quantitative estimate of drug-likeness (QED) is 0.418. The van der Waals surface area contributed by atoms with Gasteiger partial charge in [0.1, 0.15) is 5.82 Å². The van der Waals surface area contributed by atoms with Gasteiger partial charge in [-0.15, -0.1) is 5.10 Å². The fourth-order valence-corrected chi connectivity index (χ4v) is 3.52. The molecular weight excluding hydrogens is 394 g/mol. The van der Waals surface area contributed by atoms with Gasteiger partial charge < -0.3 is 0 Å². The summed E-state index contributed by atoms with van der Waals surface area (Å²) in [6, 6.07) is 16.7. The minimum atomic E-state index is 0.549. The van der Waals surface area contributed by atoms with E-state index in [1.54, 1.807) is 0 Å². The number of tetrazole rings is 1. The molecule has 2 heterocycles. The lowest BCUT2D eigenvalue weighted by atomic mass is 9.98. The van der Waals surface area contributed by atoms with Gasteiger partial charge in [-0.3, -0.25) is 0 Å². The van der Waals surface area contributed by atoms with Crippen molar-refractivity contribution in [3.63, 3.8) is 0 Å². The van der Waals surface area contributed by atoms with Crippen LogP contribution in [0, 0.1) is 5.92 Å². The molecule has 0 radical (unpaired) electrons. The molecule has 2 aromatic carbocycles. The van der Waals surface area contributed by atoms with Crippen molar-refractivity contribution < 1.29 is 0 Å². The van der Waals surface area contributed by atoms with E-state index in [-0.39, 0.29) is 0 Å². The Bertz CT molecular complexity index is 1090. The predicted molar refractivity (Wildman–Crippen MR) is 120 cm³/mol. The molecule has 0 amide bonds. The number of thiol groups is 1. The highest BCUT2D eigenvalue weighted by atomic mass is 32.1. The summed E-state index contributed by atoms with van der Waals surface area (Å²) >= 11 is 4.34. The number of nitrogens with zero attached hydrogens (tertiary/aromatic N) is 6. The van der Waals surface area contributed by atoms with Crippen LogP contribution in [0.3, 0.4) is 0 Å². The number of aryl methyl sites for hydroxylation is 1. The summed E-state index contributed by atoms with van der Waals surface area (Å²) in [5.74, 6) is 3.60. The third-order valence-electron chi connectivity index (χ3n) is 5.01. The lowest BCUT2D eigenvalue weighted by molar-refractivity contribution is 0.475. The molecule has 0 fully saturated rings. The van der Waals surface area contributed by atoms with Gasteiger partial charge in [0.2, 0.25) is 0 Å². The molecule has 0 aliphatic carbocycles. The highest BCUT2D eigenvalue weighted by molar-refractivity contribution is 7.79. The van der Waals surface area contributed by atoms with Crippen molar-refractivity contribution in [2.75, 3.05) is 0 Å². The van der Waals surface area contributed by atoms with E-state index < -0.39 is 0 Å². The van der Waals surface area contributed by atoms with Crippen LogP contribution < -0.4 is 0 Å². The lowest BCUT2D eigenvalue weighted by Crippen LogP contribution is -2.08. The smallest absolute Gasteiger partial charge is 0.180 e. The first-order valence-electron chi connectivity index (χ1n) is 10.1. The van der Waals surface area contributed by atoms with Gasteiger partial charge in [-0.1, -0.05) is 62.4 Å². The number of H-pyrrole nitrogens is 1. The van der Waals surface area contributed by atoms with E-state index in [9.17, 15) is 0 Å². The highest BCUT2D eigenvalue weighted by Crippen LogP contribution is 2.30. The van der Waals surface area contributed by atoms with E-state index in [1.165, 1.54) is 5.56 Å². The van der Waals surface area contributed by atoms with Gasteiger partial charge >= 0.3 is 0 Å². The number of rotatable bonds is 8. The van der Waals surface area contributed by atoms with Crippen LogP contribution in [-0.4, -0.2) is 35.4 Å². The molecule has 1 N–H and O–H groups in total. The third-order valence-corrected chi connectivity index (χ3v) is 5.29. The van der Waals surface area contributed by atoms with Crippen molar-refractivity contribution in [2.45, 2.75) is 39.0 Å². The molecule has 4 aromatic rings. The summed E-state index contributed by atoms with van der Waals surface area (Å²) in [6.45, 7) is 5.33. The summed E-state index contributed by atoms with van der Waals surface area (Å²) in [5.41, 5.74) is 4.37. The Kier molecular flexibility index (Phi) is 6.23. The first-order valence-corrected chi connectivity index (χ1v) is 10.7. The van der Waals surface area contributed by atoms with Crippen LogP contribution in [0.1, 0.15) is 37.5 Å². The summed E-state index contributed by atoms with van der Waals surface area (Å²) in [6.07, 6.45) is 1.82. The SMILES string of the molecule is CC(C)CCn1nc(CS)nc1Cc1ccc(-c2ccccc2-c2nnn[nH]2)cc1.